The largest absolute Gasteiger partial charge is 0.311 e. The Morgan fingerprint density at radius 1 is 1.00 bits per heavy atom. The summed E-state index contributed by atoms with van der Waals surface area (Å²) in [6.45, 7) is 1.95. The Labute approximate surface area is 188 Å². The van der Waals surface area contributed by atoms with Crippen molar-refractivity contribution in [2.45, 2.75) is 6.92 Å². The van der Waals surface area contributed by atoms with Crippen LogP contribution in [-0.4, -0.2) is 27.4 Å². The van der Waals surface area contributed by atoms with Crippen LogP contribution in [0.25, 0.3) is 28.2 Å². The number of likely N-dealkylation sites (N-methyl/N-ethyl adjacent to an activating group) is 1. The molecule has 0 N–H and O–H groups in total. The Kier molecular flexibility index (Phi) is 4.63. The number of hydrogen-bond donors (Lipinski definition) is 0. The van der Waals surface area contributed by atoms with E-state index in [4.69, 9.17) is 0 Å². The summed E-state index contributed by atoms with van der Waals surface area (Å²) >= 11 is 0. The lowest BCUT2D eigenvalue weighted by molar-refractivity contribution is -0.384. The van der Waals surface area contributed by atoms with Gasteiger partial charge in [-0.1, -0.05) is 23.8 Å². The first-order valence-electron chi connectivity index (χ1n) is 10.2. The van der Waals surface area contributed by atoms with Crippen LogP contribution in [0.2, 0.25) is 0 Å². The number of para-hydroxylation sites is 1. The van der Waals surface area contributed by atoms with E-state index >= 15 is 0 Å². The molecule has 1 aliphatic rings. The summed E-state index contributed by atoms with van der Waals surface area (Å²) < 4.78 is 1.38. The van der Waals surface area contributed by atoms with Crippen LogP contribution in [0.5, 0.6) is 0 Å². The zero-order chi connectivity index (χ0) is 23.3. The molecule has 0 fully saturated rings. The molecule has 3 aromatic carbocycles. The predicted octanol–water partition coefficient (Wildman–Crippen LogP) is 4.12. The molecule has 2 heterocycles. The summed E-state index contributed by atoms with van der Waals surface area (Å²) in [5.41, 5.74) is 3.47. The first-order chi connectivity index (χ1) is 15.8. The van der Waals surface area contributed by atoms with Gasteiger partial charge in [0.25, 0.3) is 17.2 Å². The lowest BCUT2D eigenvalue weighted by atomic mass is 10.0. The van der Waals surface area contributed by atoms with Crippen molar-refractivity contribution < 1.29 is 9.72 Å². The monoisotopic (exact) mass is 438 g/mol. The molecule has 5 rings (SSSR count). The number of rotatable bonds is 3. The summed E-state index contributed by atoms with van der Waals surface area (Å²) in [6.07, 6.45) is 1.61. The van der Waals surface area contributed by atoms with Crippen LogP contribution in [0.15, 0.2) is 71.5 Å². The highest BCUT2D eigenvalue weighted by molar-refractivity contribution is 6.35. The second-order valence-electron chi connectivity index (χ2n) is 7.84. The quantitative estimate of drug-likeness (QED) is 0.272. The van der Waals surface area contributed by atoms with Crippen molar-refractivity contribution in [2.24, 2.45) is 0 Å². The molecule has 0 unspecified atom stereocenters. The van der Waals surface area contributed by atoms with Crippen molar-refractivity contribution in [3.8, 4) is 5.69 Å². The maximum atomic E-state index is 13.5. The van der Waals surface area contributed by atoms with Gasteiger partial charge in [0.1, 0.15) is 5.82 Å². The fourth-order valence-electron chi connectivity index (χ4n) is 4.05. The summed E-state index contributed by atoms with van der Waals surface area (Å²) in [5.74, 6) is 0.0620. The third kappa shape index (κ3) is 3.28. The van der Waals surface area contributed by atoms with Crippen molar-refractivity contribution >= 4 is 39.8 Å². The Hall–Kier alpha value is -4.59. The number of hydrogen-bond acceptors (Lipinski definition) is 5. The fourth-order valence-corrected chi connectivity index (χ4v) is 4.05. The zero-order valence-electron chi connectivity index (χ0n) is 17.9. The first-order valence-corrected chi connectivity index (χ1v) is 10.2. The number of aromatic nitrogens is 2. The minimum absolute atomic E-state index is 0.0857. The molecule has 0 atom stereocenters. The van der Waals surface area contributed by atoms with Gasteiger partial charge in [-0.15, -0.1) is 0 Å². The van der Waals surface area contributed by atoms with Crippen LogP contribution in [0.3, 0.4) is 0 Å². The number of carbonyl (C=O) groups excluding carboxylic acids is 1. The van der Waals surface area contributed by atoms with E-state index in [2.05, 4.69) is 4.98 Å². The molecular weight excluding hydrogens is 420 g/mol. The van der Waals surface area contributed by atoms with E-state index < -0.39 is 4.92 Å². The average Bonchev–Trinajstić information content (AvgIpc) is 3.03. The van der Waals surface area contributed by atoms with Gasteiger partial charge in [-0.05, 0) is 49.4 Å². The molecule has 0 aliphatic carbocycles. The van der Waals surface area contributed by atoms with E-state index in [0.29, 0.717) is 22.2 Å². The van der Waals surface area contributed by atoms with Gasteiger partial charge in [0.05, 0.1) is 32.8 Å². The molecule has 0 bridgehead atoms. The number of carbonyl (C=O) groups is 1. The van der Waals surface area contributed by atoms with Crippen LogP contribution >= 0.6 is 0 Å². The van der Waals surface area contributed by atoms with Crippen LogP contribution in [0.1, 0.15) is 17.0 Å². The number of non-ortho nitro benzene ring substituents is 1. The van der Waals surface area contributed by atoms with E-state index in [9.17, 15) is 19.7 Å². The topological polar surface area (TPSA) is 98.3 Å². The standard InChI is InChI=1S/C25H18N4O4/c1-15-7-12-22-19(13-15)20(24(30)27(22)2)14-23-26-21-6-4-3-5-18(21)25(31)28(23)16-8-10-17(11-9-16)29(32)33/h3-14H,1-2H3. The number of aryl methyl sites for hydroxylation is 1. The number of nitro groups is 1. The molecule has 1 aliphatic heterocycles. The summed E-state index contributed by atoms with van der Waals surface area (Å²) in [7, 11) is 1.70. The number of benzene rings is 3. The Bertz CT molecular complexity index is 1550. The molecule has 8 heteroatoms. The molecule has 1 aromatic heterocycles. The maximum absolute atomic E-state index is 13.5. The van der Waals surface area contributed by atoms with Gasteiger partial charge >= 0.3 is 0 Å². The lowest BCUT2D eigenvalue weighted by Crippen LogP contribution is -2.23. The normalized spacial score (nSPS) is 14.2. The average molecular weight is 438 g/mol. The number of nitrogens with zero attached hydrogens (tertiary/aromatic N) is 4. The van der Waals surface area contributed by atoms with E-state index in [1.54, 1.807) is 42.3 Å². The molecule has 0 radical (unpaired) electrons. The van der Waals surface area contributed by atoms with E-state index in [1.807, 2.05) is 25.1 Å². The smallest absolute Gasteiger partial charge is 0.269 e. The van der Waals surface area contributed by atoms with Crippen molar-refractivity contribution in [3.63, 3.8) is 0 Å². The molecule has 0 saturated heterocycles. The second-order valence-corrected chi connectivity index (χ2v) is 7.84. The highest BCUT2D eigenvalue weighted by Crippen LogP contribution is 2.37. The third-order valence-electron chi connectivity index (χ3n) is 5.73. The molecule has 162 valence electrons. The summed E-state index contributed by atoms with van der Waals surface area (Å²) in [4.78, 5) is 43.3. The zero-order valence-corrected chi connectivity index (χ0v) is 17.9. The molecule has 1 amide bonds. The molecular formula is C25H18N4O4. The summed E-state index contributed by atoms with van der Waals surface area (Å²) in [6, 6.07) is 18.4. The van der Waals surface area contributed by atoms with Crippen LogP contribution in [0.4, 0.5) is 11.4 Å². The number of anilines is 1. The van der Waals surface area contributed by atoms with E-state index in [1.165, 1.54) is 28.8 Å². The van der Waals surface area contributed by atoms with Gasteiger partial charge in [-0.2, -0.15) is 0 Å². The molecule has 4 aromatic rings. The summed E-state index contributed by atoms with van der Waals surface area (Å²) in [5, 5.41) is 11.5. The van der Waals surface area contributed by atoms with Crippen LogP contribution in [-0.2, 0) is 4.79 Å². The van der Waals surface area contributed by atoms with E-state index in [0.717, 1.165) is 16.8 Å². The molecule has 0 spiro atoms. The maximum Gasteiger partial charge on any atom is 0.269 e. The number of fused-ring (bicyclic) bond motifs is 2. The van der Waals surface area contributed by atoms with Crippen molar-refractivity contribution in [2.75, 3.05) is 11.9 Å². The molecule has 8 nitrogen and oxygen atoms in total. The van der Waals surface area contributed by atoms with Gasteiger partial charge in [0, 0.05) is 24.7 Å². The van der Waals surface area contributed by atoms with Crippen LogP contribution < -0.4 is 10.5 Å². The van der Waals surface area contributed by atoms with E-state index in [-0.39, 0.29) is 23.0 Å². The van der Waals surface area contributed by atoms with Gasteiger partial charge in [0.2, 0.25) is 0 Å². The molecule has 0 saturated carbocycles. The van der Waals surface area contributed by atoms with Gasteiger partial charge in [0.15, 0.2) is 0 Å². The minimum Gasteiger partial charge on any atom is -0.311 e. The number of nitro benzene ring substituents is 1. The second kappa shape index (κ2) is 7.52. The molecule has 33 heavy (non-hydrogen) atoms. The van der Waals surface area contributed by atoms with Crippen molar-refractivity contribution in [3.05, 3.63) is 104 Å². The Balaban J connectivity index is 1.79. The minimum atomic E-state index is -0.500. The number of amides is 1. The van der Waals surface area contributed by atoms with Gasteiger partial charge in [-0.3, -0.25) is 24.3 Å². The van der Waals surface area contributed by atoms with Crippen LogP contribution in [0, 0.1) is 17.0 Å². The third-order valence-corrected chi connectivity index (χ3v) is 5.73. The highest BCUT2D eigenvalue weighted by atomic mass is 16.6. The first kappa shape index (κ1) is 20.3. The fraction of sp³-hybridized carbons (Fsp3) is 0.0800. The lowest BCUT2D eigenvalue weighted by Gasteiger charge is -2.12. The predicted molar refractivity (Wildman–Crippen MR) is 126 cm³/mol. The Morgan fingerprint density at radius 2 is 1.73 bits per heavy atom. The van der Waals surface area contributed by atoms with Crippen molar-refractivity contribution in [1.82, 2.24) is 9.55 Å². The van der Waals surface area contributed by atoms with Gasteiger partial charge in [-0.25, -0.2) is 4.98 Å². The van der Waals surface area contributed by atoms with Gasteiger partial charge < -0.3 is 4.90 Å². The SMILES string of the molecule is Cc1ccc2c(c1)C(=Cc1nc3ccccc3c(=O)n1-c1ccc([N+](=O)[O-])cc1)C(=O)N2C. The van der Waals surface area contributed by atoms with Crippen molar-refractivity contribution in [1.29, 1.82) is 0 Å². The Morgan fingerprint density at radius 3 is 2.45 bits per heavy atom. The highest BCUT2D eigenvalue weighted by Gasteiger charge is 2.30.